The summed E-state index contributed by atoms with van der Waals surface area (Å²) in [5.74, 6) is -3.11. The van der Waals surface area contributed by atoms with Gasteiger partial charge in [-0.3, -0.25) is 9.59 Å². The second kappa shape index (κ2) is 7.04. The van der Waals surface area contributed by atoms with Crippen LogP contribution in [0.3, 0.4) is 0 Å². The van der Waals surface area contributed by atoms with Crippen LogP contribution in [0, 0.1) is 11.3 Å². The molecule has 0 aliphatic rings. The van der Waals surface area contributed by atoms with E-state index >= 15 is 0 Å². The summed E-state index contributed by atoms with van der Waals surface area (Å²) in [5, 5.41) is 19.4. The highest BCUT2D eigenvalue weighted by Crippen LogP contribution is 2.39. The van der Waals surface area contributed by atoms with Gasteiger partial charge in [-0.2, -0.15) is 0 Å². The maximum Gasteiger partial charge on any atom is 0.310 e. The molecule has 1 unspecified atom stereocenters. The Morgan fingerprint density at radius 3 is 2.43 bits per heavy atom. The average Bonchev–Trinajstić information content (AvgIpc) is 2.93. The third-order valence-electron chi connectivity index (χ3n) is 4.30. The lowest BCUT2D eigenvalue weighted by molar-refractivity contribution is -0.162. The first-order chi connectivity index (χ1) is 10.9. The number of aliphatic carboxylic acids is 2. The summed E-state index contributed by atoms with van der Waals surface area (Å²) in [6.45, 7) is 3.41. The summed E-state index contributed by atoms with van der Waals surface area (Å²) in [4.78, 5) is 27.6. The van der Waals surface area contributed by atoms with Gasteiger partial charge in [0.25, 0.3) is 5.22 Å². The zero-order valence-electron chi connectivity index (χ0n) is 13.0. The summed E-state index contributed by atoms with van der Waals surface area (Å²) in [7, 11) is 0. The first-order valence-electron chi connectivity index (χ1n) is 7.39. The summed E-state index contributed by atoms with van der Waals surface area (Å²) < 4.78 is 5.55. The van der Waals surface area contributed by atoms with E-state index in [-0.39, 0.29) is 18.6 Å². The lowest BCUT2D eigenvalue weighted by Crippen LogP contribution is -2.43. The number of thioether (sulfide) groups is 1. The summed E-state index contributed by atoms with van der Waals surface area (Å²) in [6, 6.07) is 7.24. The summed E-state index contributed by atoms with van der Waals surface area (Å²) in [5.41, 5.74) is 0.0277. The molecule has 0 radical (unpaired) electrons. The third-order valence-corrected chi connectivity index (χ3v) is 5.22. The Morgan fingerprint density at radius 1 is 1.26 bits per heavy atom. The molecule has 0 spiro atoms. The van der Waals surface area contributed by atoms with E-state index in [1.807, 2.05) is 12.1 Å². The fourth-order valence-corrected chi connectivity index (χ4v) is 3.81. The van der Waals surface area contributed by atoms with E-state index in [9.17, 15) is 19.8 Å². The van der Waals surface area contributed by atoms with Crippen molar-refractivity contribution in [1.82, 2.24) is 4.98 Å². The Hall–Kier alpha value is -2.02. The van der Waals surface area contributed by atoms with E-state index in [1.165, 1.54) is 0 Å². The van der Waals surface area contributed by atoms with Crippen molar-refractivity contribution in [3.63, 3.8) is 0 Å². The van der Waals surface area contributed by atoms with E-state index in [2.05, 4.69) is 4.98 Å². The minimum absolute atomic E-state index is 0.0934. The van der Waals surface area contributed by atoms with Crippen LogP contribution in [0.1, 0.15) is 26.7 Å². The van der Waals surface area contributed by atoms with Crippen molar-refractivity contribution in [3.8, 4) is 0 Å². The molecule has 0 amide bonds. The van der Waals surface area contributed by atoms with Crippen LogP contribution in [-0.4, -0.2) is 32.9 Å². The Labute approximate surface area is 137 Å². The number of para-hydroxylation sites is 2. The SMILES string of the molecule is CCC(CC)(C(=O)O)C(CSc1nc2ccccc2o1)C(=O)O. The van der Waals surface area contributed by atoms with Crippen LogP contribution in [0.4, 0.5) is 0 Å². The van der Waals surface area contributed by atoms with Crippen molar-refractivity contribution in [3.05, 3.63) is 24.3 Å². The van der Waals surface area contributed by atoms with Crippen LogP contribution < -0.4 is 0 Å². The molecule has 2 aromatic rings. The van der Waals surface area contributed by atoms with Gasteiger partial charge < -0.3 is 14.6 Å². The number of carbonyl (C=O) groups is 2. The molecule has 1 aromatic carbocycles. The molecule has 1 heterocycles. The minimum atomic E-state index is -1.29. The molecule has 0 aliphatic carbocycles. The Balaban J connectivity index is 2.22. The second-order valence-corrected chi connectivity index (χ2v) is 6.29. The largest absolute Gasteiger partial charge is 0.481 e. The second-order valence-electron chi connectivity index (χ2n) is 5.32. The van der Waals surface area contributed by atoms with E-state index < -0.39 is 23.3 Å². The van der Waals surface area contributed by atoms with Gasteiger partial charge in [0.05, 0.1) is 11.3 Å². The number of rotatable bonds is 8. The number of oxazole rings is 1. The van der Waals surface area contributed by atoms with Crippen LogP contribution in [-0.2, 0) is 9.59 Å². The highest BCUT2D eigenvalue weighted by Gasteiger charge is 2.47. The van der Waals surface area contributed by atoms with Gasteiger partial charge in [0.15, 0.2) is 5.58 Å². The number of carboxylic acids is 2. The van der Waals surface area contributed by atoms with Gasteiger partial charge >= 0.3 is 11.9 Å². The number of fused-ring (bicyclic) bond motifs is 1. The van der Waals surface area contributed by atoms with Crippen LogP contribution in [0.5, 0.6) is 0 Å². The van der Waals surface area contributed by atoms with Crippen molar-refractivity contribution in [2.75, 3.05) is 5.75 Å². The molecule has 6 nitrogen and oxygen atoms in total. The Kier molecular flexibility index (Phi) is 5.30. The van der Waals surface area contributed by atoms with Crippen LogP contribution >= 0.6 is 11.8 Å². The summed E-state index contributed by atoms with van der Waals surface area (Å²) >= 11 is 1.14. The number of benzene rings is 1. The maximum absolute atomic E-state index is 11.7. The zero-order chi connectivity index (χ0) is 17.0. The molecule has 1 atom stereocenters. The van der Waals surface area contributed by atoms with Gasteiger partial charge in [0.1, 0.15) is 5.52 Å². The lowest BCUT2D eigenvalue weighted by atomic mass is 9.72. The molecule has 124 valence electrons. The minimum Gasteiger partial charge on any atom is -0.481 e. The lowest BCUT2D eigenvalue weighted by Gasteiger charge is -2.32. The van der Waals surface area contributed by atoms with Crippen molar-refractivity contribution in [1.29, 1.82) is 0 Å². The number of hydrogen-bond donors (Lipinski definition) is 2. The van der Waals surface area contributed by atoms with Gasteiger partial charge in [-0.25, -0.2) is 4.98 Å². The van der Waals surface area contributed by atoms with E-state index in [0.29, 0.717) is 16.3 Å². The standard InChI is InChI=1S/C16H19NO5S/c1-3-16(4-2,14(20)21)10(13(18)19)9-23-15-17-11-7-5-6-8-12(11)22-15/h5-8,10H,3-4,9H2,1-2H3,(H,18,19)(H,20,21). The predicted octanol–water partition coefficient (Wildman–Crippen LogP) is 3.51. The molecule has 0 fully saturated rings. The normalized spacial score (nSPS) is 13.1. The van der Waals surface area contributed by atoms with Crippen LogP contribution in [0.2, 0.25) is 0 Å². The van der Waals surface area contributed by atoms with Gasteiger partial charge in [0.2, 0.25) is 0 Å². The fourth-order valence-electron chi connectivity index (χ4n) is 2.73. The average molecular weight is 337 g/mol. The molecule has 1 aromatic heterocycles. The monoisotopic (exact) mass is 337 g/mol. The molecule has 0 aliphatic heterocycles. The van der Waals surface area contributed by atoms with Gasteiger partial charge in [-0.05, 0) is 25.0 Å². The number of nitrogens with zero attached hydrogens (tertiary/aromatic N) is 1. The molecular formula is C16H19NO5S. The van der Waals surface area contributed by atoms with Crippen molar-refractivity contribution in [2.45, 2.75) is 31.9 Å². The van der Waals surface area contributed by atoms with Crippen molar-refractivity contribution < 1.29 is 24.2 Å². The molecule has 23 heavy (non-hydrogen) atoms. The van der Waals surface area contributed by atoms with Gasteiger partial charge in [-0.15, -0.1) is 0 Å². The van der Waals surface area contributed by atoms with Crippen molar-refractivity contribution in [2.24, 2.45) is 11.3 Å². The zero-order valence-corrected chi connectivity index (χ0v) is 13.8. The molecule has 0 bridgehead atoms. The van der Waals surface area contributed by atoms with Gasteiger partial charge in [0, 0.05) is 5.75 Å². The van der Waals surface area contributed by atoms with Crippen LogP contribution in [0.15, 0.2) is 33.9 Å². The predicted molar refractivity (Wildman–Crippen MR) is 86.5 cm³/mol. The molecule has 7 heteroatoms. The van der Waals surface area contributed by atoms with Crippen LogP contribution in [0.25, 0.3) is 11.1 Å². The maximum atomic E-state index is 11.7. The summed E-state index contributed by atoms with van der Waals surface area (Å²) in [6.07, 6.45) is 0.508. The highest BCUT2D eigenvalue weighted by atomic mass is 32.2. The molecule has 2 N–H and O–H groups in total. The molecule has 0 saturated heterocycles. The topological polar surface area (TPSA) is 101 Å². The third kappa shape index (κ3) is 3.34. The quantitative estimate of drug-likeness (QED) is 0.711. The Morgan fingerprint density at radius 2 is 1.91 bits per heavy atom. The first-order valence-corrected chi connectivity index (χ1v) is 8.37. The van der Waals surface area contributed by atoms with E-state index in [0.717, 1.165) is 11.8 Å². The Bertz CT molecular complexity index is 674. The molecule has 0 saturated carbocycles. The highest BCUT2D eigenvalue weighted by molar-refractivity contribution is 7.99. The number of aromatic nitrogens is 1. The van der Waals surface area contributed by atoms with Gasteiger partial charge in [-0.1, -0.05) is 37.7 Å². The first kappa shape index (κ1) is 17.3. The van der Waals surface area contributed by atoms with E-state index in [1.54, 1.807) is 26.0 Å². The molecule has 2 rings (SSSR count). The fraction of sp³-hybridized carbons (Fsp3) is 0.438. The van der Waals surface area contributed by atoms with E-state index in [4.69, 9.17) is 4.42 Å². The molecular weight excluding hydrogens is 318 g/mol. The number of carboxylic acid groups (broad SMARTS) is 2. The van der Waals surface area contributed by atoms with Crippen molar-refractivity contribution >= 4 is 34.8 Å². The number of hydrogen-bond acceptors (Lipinski definition) is 5. The smallest absolute Gasteiger partial charge is 0.310 e.